The highest BCUT2D eigenvalue weighted by molar-refractivity contribution is 8.72. The minimum absolute atomic E-state index is 0.0951. The first-order chi connectivity index (χ1) is 17.4. The molecule has 0 spiro atoms. The number of fused-ring (bicyclic) bond motifs is 7. The molecule has 206 valence electrons. The number of ether oxygens (including phenoxy) is 1. The van der Waals surface area contributed by atoms with Crippen molar-refractivity contribution in [3.63, 3.8) is 0 Å². The third-order valence-electron chi connectivity index (χ3n) is 5.71. The Bertz CT molecular complexity index is 938. The zero-order valence-electron chi connectivity index (χ0n) is 21.7. The van der Waals surface area contributed by atoms with Crippen molar-refractivity contribution in [1.82, 2.24) is 21.3 Å². The Morgan fingerprint density at radius 1 is 1.03 bits per heavy atom. The van der Waals surface area contributed by atoms with Gasteiger partial charge in [0.2, 0.25) is 22.0 Å². The number of hydrogen-bond acceptors (Lipinski definition) is 8. The monoisotopic (exact) mass is 557 g/mol. The van der Waals surface area contributed by atoms with Crippen molar-refractivity contribution in [3.05, 3.63) is 23.9 Å². The lowest BCUT2D eigenvalue weighted by Gasteiger charge is -2.27. The minimum Gasteiger partial charge on any atom is -0.456 e. The Labute approximate surface area is 223 Å². The van der Waals surface area contributed by atoms with E-state index >= 15 is 0 Å². The Hall–Kier alpha value is -2.51. The van der Waals surface area contributed by atoms with Gasteiger partial charge in [0.1, 0.15) is 34.7 Å². The van der Waals surface area contributed by atoms with Crippen LogP contribution in [0.25, 0.3) is 0 Å². The molecule has 37 heavy (non-hydrogen) atoms. The van der Waals surface area contributed by atoms with Crippen molar-refractivity contribution in [2.75, 3.05) is 11.5 Å². The molecule has 1 unspecified atom stereocenters. The molecule has 2 heterocycles. The third kappa shape index (κ3) is 9.38. The Morgan fingerprint density at radius 2 is 1.70 bits per heavy atom. The van der Waals surface area contributed by atoms with Gasteiger partial charge in [-0.15, -0.1) is 0 Å². The van der Waals surface area contributed by atoms with E-state index in [1.54, 1.807) is 46.8 Å². The van der Waals surface area contributed by atoms with Gasteiger partial charge in [0, 0.05) is 5.75 Å². The van der Waals surface area contributed by atoms with Crippen LogP contribution in [-0.4, -0.2) is 69.9 Å². The average Bonchev–Trinajstić information content (AvgIpc) is 2.81. The summed E-state index contributed by atoms with van der Waals surface area (Å²) in [4.78, 5) is 65.3. The number of carbonyl (C=O) groups excluding carboxylic acids is 5. The van der Waals surface area contributed by atoms with Crippen LogP contribution in [0.4, 0.5) is 0 Å². The lowest BCUT2D eigenvalue weighted by molar-refractivity contribution is -0.153. The molecule has 11 nitrogen and oxygen atoms in total. The molecule has 1 fully saturated rings. The largest absolute Gasteiger partial charge is 0.456 e. The first-order valence-electron chi connectivity index (χ1n) is 12.2. The van der Waals surface area contributed by atoms with E-state index in [1.165, 1.54) is 16.9 Å². The van der Waals surface area contributed by atoms with Crippen LogP contribution in [0, 0.1) is 11.8 Å². The van der Waals surface area contributed by atoms with Crippen molar-refractivity contribution in [2.24, 2.45) is 11.8 Å². The van der Waals surface area contributed by atoms with Gasteiger partial charge in [-0.1, -0.05) is 39.8 Å². The molecule has 1 saturated heterocycles. The summed E-state index contributed by atoms with van der Waals surface area (Å²) in [5.74, 6) is -3.56. The second kappa shape index (κ2) is 14.4. The molecule has 2 rings (SSSR count). The molecule has 2 bridgehead atoms. The molecular weight excluding hydrogens is 520 g/mol. The Balaban J connectivity index is 2.59. The Morgan fingerprint density at radius 3 is 2.32 bits per heavy atom. The summed E-state index contributed by atoms with van der Waals surface area (Å²) in [6.45, 7) is 8.49. The van der Waals surface area contributed by atoms with Crippen molar-refractivity contribution >= 4 is 50.6 Å². The highest BCUT2D eigenvalue weighted by Crippen LogP contribution is 2.18. The normalized spacial score (nSPS) is 31.2. The lowest BCUT2D eigenvalue weighted by Crippen LogP contribution is -2.58. The fourth-order valence-corrected chi connectivity index (χ4v) is 6.22. The first kappa shape index (κ1) is 30.7. The zero-order valence-corrected chi connectivity index (χ0v) is 23.4. The maximum absolute atomic E-state index is 13.2. The predicted octanol–water partition coefficient (Wildman–Crippen LogP) is 0.788. The fourth-order valence-electron chi connectivity index (χ4n) is 3.61. The SMILES string of the molecule is C/C=C1\NC(=O)[C@H]2C[S+](O)SCC/C=C/[C@H](CC(=O)N[C@H](C(C)C)C(=O)N2)OC(=O)[C@H](C(C)C)NC1=O. The van der Waals surface area contributed by atoms with E-state index in [0.717, 1.165) is 0 Å². The molecule has 0 radical (unpaired) electrons. The van der Waals surface area contributed by atoms with Gasteiger partial charge >= 0.3 is 5.97 Å². The van der Waals surface area contributed by atoms with Crippen molar-refractivity contribution in [1.29, 1.82) is 0 Å². The molecule has 0 saturated carbocycles. The van der Waals surface area contributed by atoms with Crippen LogP contribution in [0.5, 0.6) is 0 Å². The van der Waals surface area contributed by atoms with E-state index < -0.39 is 64.0 Å². The minimum atomic E-state index is -1.29. The van der Waals surface area contributed by atoms with E-state index in [4.69, 9.17) is 4.74 Å². The molecule has 0 aromatic carbocycles. The van der Waals surface area contributed by atoms with Gasteiger partial charge in [-0.2, -0.15) is 4.55 Å². The molecule has 2 aliphatic heterocycles. The molecule has 13 heteroatoms. The summed E-state index contributed by atoms with van der Waals surface area (Å²) >= 11 is 0. The topological polar surface area (TPSA) is 163 Å². The van der Waals surface area contributed by atoms with Crippen molar-refractivity contribution < 1.29 is 33.3 Å². The smallest absolute Gasteiger partial charge is 0.329 e. The van der Waals surface area contributed by atoms with E-state index in [2.05, 4.69) is 21.3 Å². The van der Waals surface area contributed by atoms with Crippen LogP contribution in [0.1, 0.15) is 47.5 Å². The summed E-state index contributed by atoms with van der Waals surface area (Å²) in [5, 5.41) is 10.4. The number of nitrogens with one attached hydrogen (secondary N) is 4. The maximum Gasteiger partial charge on any atom is 0.329 e. The van der Waals surface area contributed by atoms with E-state index in [0.29, 0.717) is 12.2 Å². The average molecular weight is 558 g/mol. The number of amides is 4. The van der Waals surface area contributed by atoms with Crippen LogP contribution in [0.2, 0.25) is 0 Å². The summed E-state index contributed by atoms with van der Waals surface area (Å²) in [6, 6.07) is -3.21. The highest BCUT2D eigenvalue weighted by atomic mass is 33.1. The molecule has 0 aromatic rings. The zero-order chi connectivity index (χ0) is 27.7. The molecule has 5 N–H and O–H groups in total. The van der Waals surface area contributed by atoms with Gasteiger partial charge in [-0.3, -0.25) is 19.2 Å². The second-order valence-corrected chi connectivity index (χ2v) is 12.9. The highest BCUT2D eigenvalue weighted by Gasteiger charge is 2.37. The van der Waals surface area contributed by atoms with Crippen molar-refractivity contribution in [2.45, 2.75) is 71.7 Å². The number of hydrogen-bond donors (Lipinski definition) is 5. The summed E-state index contributed by atoms with van der Waals surface area (Å²) in [6.07, 6.45) is 4.06. The quantitative estimate of drug-likeness (QED) is 0.109. The molecule has 4 amide bonds. The fraction of sp³-hybridized carbons (Fsp3) is 0.625. The van der Waals surface area contributed by atoms with Crippen LogP contribution < -0.4 is 21.3 Å². The number of rotatable bonds is 2. The molecule has 5 atom stereocenters. The van der Waals surface area contributed by atoms with Gasteiger partial charge in [-0.25, -0.2) is 4.79 Å². The summed E-state index contributed by atoms with van der Waals surface area (Å²) in [5.41, 5.74) is -0.116. The van der Waals surface area contributed by atoms with E-state index in [1.807, 2.05) is 0 Å². The first-order valence-corrected chi connectivity index (χ1v) is 15.1. The maximum atomic E-state index is 13.2. The molecule has 0 aliphatic carbocycles. The van der Waals surface area contributed by atoms with E-state index in [9.17, 15) is 28.5 Å². The molecule has 2 aliphatic rings. The van der Waals surface area contributed by atoms with Gasteiger partial charge in [0.15, 0.2) is 11.8 Å². The van der Waals surface area contributed by atoms with Gasteiger partial charge in [0.05, 0.1) is 6.42 Å². The van der Waals surface area contributed by atoms with E-state index in [-0.39, 0.29) is 29.7 Å². The second-order valence-electron chi connectivity index (χ2n) is 9.44. The molecular formula is C24H37N4O7S2+. The standard InChI is InChI=1S/C24H36N4O7S2/c1-6-16-21(30)28-20(14(4)5)24(33)35-15-9-7-8-10-36-37(34)12-17(22(31)25-16)26-23(32)19(13(2)3)27-18(29)11-15/h6-7,9,13-15,17,19-20,34H,8,10-12H2,1-5H3,(H3-,25,26,27,28,29,30,31,32)/p+1/b9-7+,16-6-/t15-,17-,19-,20+,37?/m1/s1. The summed E-state index contributed by atoms with van der Waals surface area (Å²) in [7, 11) is -0.0729. The lowest BCUT2D eigenvalue weighted by atomic mass is 10.0. The van der Waals surface area contributed by atoms with Crippen molar-refractivity contribution in [3.8, 4) is 0 Å². The number of carbonyl (C=O) groups is 5. The van der Waals surface area contributed by atoms with Gasteiger partial charge < -0.3 is 26.0 Å². The van der Waals surface area contributed by atoms with Crippen LogP contribution in [0.15, 0.2) is 23.9 Å². The van der Waals surface area contributed by atoms with Crippen LogP contribution >= 0.6 is 10.8 Å². The van der Waals surface area contributed by atoms with Gasteiger partial charge in [-0.05, 0) is 31.3 Å². The molecule has 0 aromatic heterocycles. The Kier molecular flexibility index (Phi) is 12.0. The van der Waals surface area contributed by atoms with Crippen LogP contribution in [-0.2, 0) is 38.9 Å². The predicted molar refractivity (Wildman–Crippen MR) is 143 cm³/mol. The third-order valence-corrected chi connectivity index (χ3v) is 8.73. The van der Waals surface area contributed by atoms with Crippen LogP contribution in [0.3, 0.4) is 0 Å². The number of esters is 1. The number of allylic oxidation sites excluding steroid dienone is 2. The van der Waals surface area contributed by atoms with Gasteiger partial charge in [0.25, 0.3) is 11.8 Å². The summed E-state index contributed by atoms with van der Waals surface area (Å²) < 4.78 is 16.2.